The fourth-order valence-electron chi connectivity index (χ4n) is 1.80. The molecular formula is C14H16BrN3O2. The lowest BCUT2D eigenvalue weighted by molar-refractivity contribution is 0.446. The van der Waals surface area contributed by atoms with Crippen molar-refractivity contribution in [2.45, 2.75) is 26.4 Å². The summed E-state index contributed by atoms with van der Waals surface area (Å²) in [6, 6.07) is 7.43. The lowest BCUT2D eigenvalue weighted by atomic mass is 10.1. The molecule has 0 radical (unpaired) electrons. The molecule has 6 heteroatoms. The van der Waals surface area contributed by atoms with Crippen molar-refractivity contribution in [2.75, 3.05) is 0 Å². The van der Waals surface area contributed by atoms with Gasteiger partial charge in [-0.25, -0.2) is 0 Å². The van der Waals surface area contributed by atoms with Crippen LogP contribution in [0.3, 0.4) is 0 Å². The number of rotatable bonds is 4. The Labute approximate surface area is 125 Å². The third-order valence-corrected chi connectivity index (χ3v) is 3.23. The topological polar surface area (TPSA) is 78.0 Å². The maximum atomic E-state index is 12.1. The van der Waals surface area contributed by atoms with Crippen LogP contribution in [0.5, 0.6) is 5.88 Å². The molecule has 0 unspecified atom stereocenters. The van der Waals surface area contributed by atoms with E-state index in [4.69, 9.17) is 0 Å². The first-order valence-corrected chi connectivity index (χ1v) is 7.08. The Morgan fingerprint density at radius 2 is 2.20 bits per heavy atom. The number of halogens is 1. The molecule has 106 valence electrons. The third kappa shape index (κ3) is 3.46. The van der Waals surface area contributed by atoms with E-state index in [1.165, 1.54) is 0 Å². The number of aromatic nitrogens is 2. The maximum absolute atomic E-state index is 12.1. The molecule has 0 aliphatic carbocycles. The van der Waals surface area contributed by atoms with Gasteiger partial charge < -0.3 is 15.4 Å². The second-order valence-electron chi connectivity index (χ2n) is 4.76. The standard InChI is InChI=1S/C14H16BrN3O2/c1-8(2)16-7-11-17-13(19)12(14(20)18-11)9-4-3-5-10(15)6-9/h3-6,8,16H,7H2,1-2H3,(H2,17,18,19,20). The highest BCUT2D eigenvalue weighted by atomic mass is 79.9. The van der Waals surface area contributed by atoms with Crippen molar-refractivity contribution < 1.29 is 5.11 Å². The molecule has 0 amide bonds. The normalized spacial score (nSPS) is 11.0. The van der Waals surface area contributed by atoms with Gasteiger partial charge in [0, 0.05) is 10.5 Å². The van der Waals surface area contributed by atoms with Crippen molar-refractivity contribution in [3.8, 4) is 17.0 Å². The molecule has 5 nitrogen and oxygen atoms in total. The third-order valence-electron chi connectivity index (χ3n) is 2.74. The number of H-pyrrole nitrogens is 1. The summed E-state index contributed by atoms with van der Waals surface area (Å²) < 4.78 is 0.833. The molecule has 20 heavy (non-hydrogen) atoms. The Bertz CT molecular complexity index is 668. The van der Waals surface area contributed by atoms with E-state index in [0.29, 0.717) is 17.9 Å². The molecule has 1 aromatic carbocycles. The van der Waals surface area contributed by atoms with E-state index in [1.54, 1.807) is 18.2 Å². The maximum Gasteiger partial charge on any atom is 0.262 e. The monoisotopic (exact) mass is 337 g/mol. The van der Waals surface area contributed by atoms with Gasteiger partial charge in [0.1, 0.15) is 11.4 Å². The van der Waals surface area contributed by atoms with Gasteiger partial charge in [-0.3, -0.25) is 4.79 Å². The molecule has 0 saturated heterocycles. The number of nitrogens with one attached hydrogen (secondary N) is 2. The predicted octanol–water partition coefficient (Wildman–Crippen LogP) is 2.40. The highest BCUT2D eigenvalue weighted by Gasteiger charge is 2.13. The van der Waals surface area contributed by atoms with Gasteiger partial charge >= 0.3 is 0 Å². The van der Waals surface area contributed by atoms with Crippen molar-refractivity contribution in [1.29, 1.82) is 0 Å². The van der Waals surface area contributed by atoms with E-state index in [9.17, 15) is 9.90 Å². The van der Waals surface area contributed by atoms with Crippen LogP contribution in [-0.4, -0.2) is 21.1 Å². The predicted molar refractivity (Wildman–Crippen MR) is 81.6 cm³/mol. The first-order valence-electron chi connectivity index (χ1n) is 6.29. The van der Waals surface area contributed by atoms with E-state index < -0.39 is 0 Å². The summed E-state index contributed by atoms with van der Waals surface area (Å²) in [6.45, 7) is 4.39. The van der Waals surface area contributed by atoms with Crippen LogP contribution in [0.1, 0.15) is 19.7 Å². The zero-order valence-corrected chi connectivity index (χ0v) is 12.9. The highest BCUT2D eigenvalue weighted by molar-refractivity contribution is 9.10. The first-order chi connectivity index (χ1) is 9.47. The number of aromatic hydroxyl groups is 1. The minimum absolute atomic E-state index is 0.180. The van der Waals surface area contributed by atoms with E-state index in [-0.39, 0.29) is 23.0 Å². The van der Waals surface area contributed by atoms with Gasteiger partial charge in [-0.1, -0.05) is 41.9 Å². The van der Waals surface area contributed by atoms with Gasteiger partial charge in [0.2, 0.25) is 5.88 Å². The summed E-state index contributed by atoms with van der Waals surface area (Å²) in [7, 11) is 0. The molecule has 0 spiro atoms. The SMILES string of the molecule is CC(C)NCc1nc(O)c(-c2cccc(Br)c2)c(=O)[nH]1. The Hall–Kier alpha value is -1.66. The zero-order chi connectivity index (χ0) is 14.7. The van der Waals surface area contributed by atoms with Crippen LogP contribution in [0.4, 0.5) is 0 Å². The van der Waals surface area contributed by atoms with Crippen molar-refractivity contribution in [3.05, 3.63) is 44.9 Å². The van der Waals surface area contributed by atoms with Crippen LogP contribution in [0.2, 0.25) is 0 Å². The van der Waals surface area contributed by atoms with Gasteiger partial charge in [0.05, 0.1) is 6.54 Å². The second kappa shape index (κ2) is 6.19. The van der Waals surface area contributed by atoms with E-state index in [1.807, 2.05) is 19.9 Å². The lowest BCUT2D eigenvalue weighted by Crippen LogP contribution is -2.25. The highest BCUT2D eigenvalue weighted by Crippen LogP contribution is 2.25. The van der Waals surface area contributed by atoms with E-state index in [2.05, 4.69) is 31.2 Å². The lowest BCUT2D eigenvalue weighted by Gasteiger charge is -2.09. The first kappa shape index (κ1) is 14.7. The van der Waals surface area contributed by atoms with Crippen molar-refractivity contribution >= 4 is 15.9 Å². The molecule has 2 aromatic rings. The van der Waals surface area contributed by atoms with Gasteiger partial charge in [0.15, 0.2) is 0 Å². The molecule has 1 aromatic heterocycles. The molecule has 1 heterocycles. The summed E-state index contributed by atoms with van der Waals surface area (Å²) in [5.74, 6) is 0.160. The number of aromatic amines is 1. The smallest absolute Gasteiger partial charge is 0.262 e. The molecule has 2 rings (SSSR count). The molecule has 3 N–H and O–H groups in total. The van der Waals surface area contributed by atoms with Crippen LogP contribution in [0.25, 0.3) is 11.1 Å². The number of hydrogen-bond donors (Lipinski definition) is 3. The molecule has 0 aliphatic rings. The molecule has 0 bridgehead atoms. The second-order valence-corrected chi connectivity index (χ2v) is 5.67. The Morgan fingerprint density at radius 3 is 2.80 bits per heavy atom. The van der Waals surface area contributed by atoms with Crippen molar-refractivity contribution in [2.24, 2.45) is 0 Å². The summed E-state index contributed by atoms with van der Waals surface area (Å²) >= 11 is 3.34. The summed E-state index contributed by atoms with van der Waals surface area (Å²) in [6.07, 6.45) is 0. The summed E-state index contributed by atoms with van der Waals surface area (Å²) in [5.41, 5.74) is 0.449. The van der Waals surface area contributed by atoms with E-state index >= 15 is 0 Å². The molecule has 0 saturated carbocycles. The number of nitrogens with zero attached hydrogens (tertiary/aromatic N) is 1. The average molecular weight is 338 g/mol. The molecule has 0 aliphatic heterocycles. The quantitative estimate of drug-likeness (QED) is 0.800. The van der Waals surface area contributed by atoms with Gasteiger partial charge in [0.25, 0.3) is 5.56 Å². The Balaban J connectivity index is 2.39. The largest absolute Gasteiger partial charge is 0.493 e. The molecule has 0 atom stereocenters. The van der Waals surface area contributed by atoms with Crippen LogP contribution < -0.4 is 10.9 Å². The van der Waals surface area contributed by atoms with Gasteiger partial charge in [-0.15, -0.1) is 0 Å². The average Bonchev–Trinajstić information content (AvgIpc) is 2.35. The number of benzene rings is 1. The number of hydrogen-bond acceptors (Lipinski definition) is 4. The summed E-state index contributed by atoms with van der Waals surface area (Å²) in [4.78, 5) is 18.8. The minimum Gasteiger partial charge on any atom is -0.493 e. The summed E-state index contributed by atoms with van der Waals surface area (Å²) in [5, 5.41) is 13.1. The fourth-order valence-corrected chi connectivity index (χ4v) is 2.19. The van der Waals surface area contributed by atoms with E-state index in [0.717, 1.165) is 4.47 Å². The Morgan fingerprint density at radius 1 is 1.45 bits per heavy atom. The van der Waals surface area contributed by atoms with Gasteiger partial charge in [-0.2, -0.15) is 4.98 Å². The van der Waals surface area contributed by atoms with Crippen LogP contribution in [0, 0.1) is 0 Å². The van der Waals surface area contributed by atoms with Crippen LogP contribution >= 0.6 is 15.9 Å². The molecule has 0 fully saturated rings. The Kier molecular flexibility index (Phi) is 4.57. The van der Waals surface area contributed by atoms with Gasteiger partial charge in [-0.05, 0) is 17.7 Å². The molecular weight excluding hydrogens is 322 g/mol. The fraction of sp³-hybridized carbons (Fsp3) is 0.286. The van der Waals surface area contributed by atoms with Crippen LogP contribution in [-0.2, 0) is 6.54 Å². The van der Waals surface area contributed by atoms with Crippen LogP contribution in [0.15, 0.2) is 33.5 Å². The zero-order valence-electron chi connectivity index (χ0n) is 11.3. The van der Waals surface area contributed by atoms with Crippen molar-refractivity contribution in [3.63, 3.8) is 0 Å². The van der Waals surface area contributed by atoms with Crippen molar-refractivity contribution in [1.82, 2.24) is 15.3 Å². The minimum atomic E-state index is -0.351.